The Labute approximate surface area is 117 Å². The van der Waals surface area contributed by atoms with E-state index in [1.165, 1.54) is 5.56 Å². The zero-order valence-corrected chi connectivity index (χ0v) is 11.3. The molecule has 2 aromatic carbocycles. The van der Waals surface area contributed by atoms with Crippen LogP contribution in [0.25, 0.3) is 0 Å². The lowest BCUT2D eigenvalue weighted by atomic mass is 9.92. The molecule has 0 saturated carbocycles. The number of methoxy groups -OCH3 is 1. The average Bonchev–Trinajstić information content (AvgIpc) is 2.85. The number of rotatable bonds is 1. The van der Waals surface area contributed by atoms with Crippen LogP contribution in [0.2, 0.25) is 0 Å². The molecule has 1 unspecified atom stereocenters. The number of fused-ring (bicyclic) bond motifs is 4. The van der Waals surface area contributed by atoms with Crippen molar-refractivity contribution in [3.8, 4) is 5.75 Å². The van der Waals surface area contributed by atoms with E-state index in [2.05, 4.69) is 6.07 Å². The Hall–Kier alpha value is -2.29. The van der Waals surface area contributed by atoms with Crippen LogP contribution in [0.15, 0.2) is 42.5 Å². The highest BCUT2D eigenvalue weighted by Crippen LogP contribution is 2.40. The predicted octanol–water partition coefficient (Wildman–Crippen LogP) is 2.82. The normalized spacial score (nSPS) is 19.4. The van der Waals surface area contributed by atoms with E-state index in [4.69, 9.17) is 4.74 Å². The first-order valence-electron chi connectivity index (χ1n) is 6.87. The number of hydrogen-bond acceptors (Lipinski definition) is 2. The third kappa shape index (κ3) is 1.43. The van der Waals surface area contributed by atoms with Crippen LogP contribution in [0.5, 0.6) is 5.75 Å². The summed E-state index contributed by atoms with van der Waals surface area (Å²) in [5.41, 5.74) is 4.15. The Kier molecular flexibility index (Phi) is 2.36. The first-order valence-corrected chi connectivity index (χ1v) is 6.87. The maximum Gasteiger partial charge on any atom is 0.258 e. The van der Waals surface area contributed by atoms with Crippen molar-refractivity contribution in [2.24, 2.45) is 0 Å². The molecule has 3 heteroatoms. The van der Waals surface area contributed by atoms with Crippen LogP contribution in [-0.4, -0.2) is 19.1 Å². The fraction of sp³-hybridized carbons (Fsp3) is 0.235. The van der Waals surface area contributed by atoms with Gasteiger partial charge in [0.1, 0.15) is 5.75 Å². The van der Waals surface area contributed by atoms with Crippen LogP contribution in [0.4, 0.5) is 5.69 Å². The molecule has 1 atom stereocenters. The summed E-state index contributed by atoms with van der Waals surface area (Å²) in [4.78, 5) is 14.8. The highest BCUT2D eigenvalue weighted by molar-refractivity contribution is 6.10. The van der Waals surface area contributed by atoms with E-state index >= 15 is 0 Å². The van der Waals surface area contributed by atoms with Crippen LogP contribution in [0.1, 0.15) is 21.5 Å². The Morgan fingerprint density at radius 3 is 2.80 bits per heavy atom. The van der Waals surface area contributed by atoms with Gasteiger partial charge in [0, 0.05) is 22.9 Å². The van der Waals surface area contributed by atoms with Crippen molar-refractivity contribution in [3.63, 3.8) is 0 Å². The second-order valence-electron chi connectivity index (χ2n) is 5.35. The number of para-hydroxylation sites is 1. The van der Waals surface area contributed by atoms with Gasteiger partial charge >= 0.3 is 0 Å². The fourth-order valence-electron chi connectivity index (χ4n) is 3.43. The smallest absolute Gasteiger partial charge is 0.258 e. The van der Waals surface area contributed by atoms with Gasteiger partial charge < -0.3 is 9.64 Å². The number of carbonyl (C=O) groups is 1. The molecule has 1 amide bonds. The SMILES string of the molecule is COc1cccc2c1CC1Cc3ccccc3N1C2=O. The monoisotopic (exact) mass is 265 g/mol. The number of nitrogens with zero attached hydrogens (tertiary/aromatic N) is 1. The Morgan fingerprint density at radius 2 is 1.95 bits per heavy atom. The fourth-order valence-corrected chi connectivity index (χ4v) is 3.43. The molecule has 0 fully saturated rings. The average molecular weight is 265 g/mol. The highest BCUT2D eigenvalue weighted by atomic mass is 16.5. The molecule has 4 rings (SSSR count). The molecule has 2 heterocycles. The summed E-state index contributed by atoms with van der Waals surface area (Å²) in [5.74, 6) is 0.923. The van der Waals surface area contributed by atoms with Crippen LogP contribution in [0.3, 0.4) is 0 Å². The van der Waals surface area contributed by atoms with E-state index in [0.717, 1.165) is 35.4 Å². The van der Waals surface area contributed by atoms with E-state index in [1.807, 2.05) is 41.3 Å². The van der Waals surface area contributed by atoms with E-state index in [9.17, 15) is 4.79 Å². The van der Waals surface area contributed by atoms with Gasteiger partial charge in [0.25, 0.3) is 5.91 Å². The number of ether oxygens (including phenoxy) is 1. The Balaban J connectivity index is 1.86. The molecule has 20 heavy (non-hydrogen) atoms. The quantitative estimate of drug-likeness (QED) is 0.793. The molecule has 0 radical (unpaired) electrons. The number of carbonyl (C=O) groups excluding carboxylic acids is 1. The van der Waals surface area contributed by atoms with Crippen molar-refractivity contribution >= 4 is 11.6 Å². The maximum atomic E-state index is 12.8. The van der Waals surface area contributed by atoms with Crippen molar-refractivity contribution in [1.29, 1.82) is 0 Å². The number of anilines is 1. The number of benzene rings is 2. The first kappa shape index (κ1) is 11.5. The molecule has 0 aromatic heterocycles. The number of hydrogen-bond donors (Lipinski definition) is 0. The second-order valence-corrected chi connectivity index (χ2v) is 5.35. The molecule has 0 bridgehead atoms. The van der Waals surface area contributed by atoms with Crippen molar-refractivity contribution in [2.45, 2.75) is 18.9 Å². The van der Waals surface area contributed by atoms with E-state index in [1.54, 1.807) is 7.11 Å². The van der Waals surface area contributed by atoms with Crippen LogP contribution in [0, 0.1) is 0 Å². The lowest BCUT2D eigenvalue weighted by Gasteiger charge is -2.32. The molecule has 0 N–H and O–H groups in total. The zero-order valence-electron chi connectivity index (χ0n) is 11.3. The molecule has 2 aliphatic heterocycles. The molecule has 3 nitrogen and oxygen atoms in total. The van der Waals surface area contributed by atoms with Gasteiger partial charge in [0.2, 0.25) is 0 Å². The third-order valence-corrected chi connectivity index (χ3v) is 4.31. The van der Waals surface area contributed by atoms with Gasteiger partial charge in [0.05, 0.1) is 7.11 Å². The zero-order chi connectivity index (χ0) is 13.7. The highest BCUT2D eigenvalue weighted by Gasteiger charge is 2.39. The molecule has 2 aromatic rings. The van der Waals surface area contributed by atoms with Crippen LogP contribution >= 0.6 is 0 Å². The van der Waals surface area contributed by atoms with Gasteiger partial charge in [-0.15, -0.1) is 0 Å². The number of amides is 1. The minimum Gasteiger partial charge on any atom is -0.496 e. The summed E-state index contributed by atoms with van der Waals surface area (Å²) in [6.45, 7) is 0. The molecular formula is C17H15NO2. The first-order chi connectivity index (χ1) is 9.79. The van der Waals surface area contributed by atoms with E-state index in [0.29, 0.717) is 0 Å². The summed E-state index contributed by atoms with van der Waals surface area (Å²) in [7, 11) is 1.66. The molecule has 0 spiro atoms. The van der Waals surface area contributed by atoms with Crippen molar-refractivity contribution < 1.29 is 9.53 Å². The van der Waals surface area contributed by atoms with Gasteiger partial charge in [-0.3, -0.25) is 4.79 Å². The van der Waals surface area contributed by atoms with Gasteiger partial charge in [-0.05, 0) is 36.6 Å². The van der Waals surface area contributed by atoms with Crippen LogP contribution in [-0.2, 0) is 12.8 Å². The molecule has 2 aliphatic rings. The second kappa shape index (κ2) is 4.10. The third-order valence-electron chi connectivity index (χ3n) is 4.31. The van der Waals surface area contributed by atoms with Crippen molar-refractivity contribution in [1.82, 2.24) is 0 Å². The van der Waals surface area contributed by atoms with E-state index in [-0.39, 0.29) is 11.9 Å². The van der Waals surface area contributed by atoms with Gasteiger partial charge in [-0.25, -0.2) is 0 Å². The van der Waals surface area contributed by atoms with Crippen molar-refractivity contribution in [2.75, 3.05) is 12.0 Å². The van der Waals surface area contributed by atoms with E-state index < -0.39 is 0 Å². The Morgan fingerprint density at radius 1 is 1.10 bits per heavy atom. The Bertz CT molecular complexity index is 708. The molecule has 0 aliphatic carbocycles. The minimum atomic E-state index is 0.0973. The topological polar surface area (TPSA) is 29.5 Å². The van der Waals surface area contributed by atoms with Crippen LogP contribution < -0.4 is 9.64 Å². The summed E-state index contributed by atoms with van der Waals surface area (Å²) < 4.78 is 5.42. The minimum absolute atomic E-state index is 0.0973. The van der Waals surface area contributed by atoms with Crippen molar-refractivity contribution in [3.05, 3.63) is 59.2 Å². The standard InChI is InChI=1S/C17H15NO2/c1-20-16-8-4-6-13-14(16)10-12-9-11-5-2-3-7-15(11)18(12)17(13)19/h2-8,12H,9-10H2,1H3. The molecule has 0 saturated heterocycles. The summed E-state index contributed by atoms with van der Waals surface area (Å²) in [6.07, 6.45) is 1.79. The summed E-state index contributed by atoms with van der Waals surface area (Å²) >= 11 is 0. The van der Waals surface area contributed by atoms with Gasteiger partial charge in [-0.1, -0.05) is 24.3 Å². The lowest BCUT2D eigenvalue weighted by molar-refractivity contribution is 0.0970. The van der Waals surface area contributed by atoms with Gasteiger partial charge in [-0.2, -0.15) is 0 Å². The van der Waals surface area contributed by atoms with Gasteiger partial charge in [0.15, 0.2) is 0 Å². The molecular weight excluding hydrogens is 250 g/mol. The predicted molar refractivity (Wildman–Crippen MR) is 77.4 cm³/mol. The summed E-state index contributed by atoms with van der Waals surface area (Å²) in [6, 6.07) is 14.1. The lowest BCUT2D eigenvalue weighted by Crippen LogP contribution is -2.43. The molecule has 100 valence electrons. The summed E-state index contributed by atoms with van der Waals surface area (Å²) in [5, 5.41) is 0. The largest absolute Gasteiger partial charge is 0.496 e. The maximum absolute atomic E-state index is 12.8.